The van der Waals surface area contributed by atoms with Crippen molar-refractivity contribution in [2.75, 3.05) is 20.1 Å². The van der Waals surface area contributed by atoms with E-state index in [4.69, 9.17) is 52.6 Å². The van der Waals surface area contributed by atoms with Crippen LogP contribution >= 0.6 is 23.2 Å². The minimum Gasteiger partial charge on any atom is -0.508 e. The number of aromatic hydroxyl groups is 3. The number of rotatable bonds is 17. The molecule has 11 bridgehead atoms. The number of aromatic nitrogens is 3. The summed E-state index contributed by atoms with van der Waals surface area (Å²) < 4.78 is 32.1. The molecule has 0 radical (unpaired) electrons. The largest absolute Gasteiger partial charge is 0.508 e. The number of hydrogen-bond donors (Lipinski definition) is 19. The van der Waals surface area contributed by atoms with Gasteiger partial charge < -0.3 is 123 Å². The third-order valence-corrected chi connectivity index (χ3v) is 18.3. The lowest BCUT2D eigenvalue weighted by Crippen LogP contribution is -2.60. The van der Waals surface area contributed by atoms with Gasteiger partial charge >= 0.3 is 12.1 Å². The van der Waals surface area contributed by atoms with E-state index in [0.717, 1.165) is 77.6 Å². The standard InChI is InChI=1S/C70H79Cl2N13O24/c1-27(2)16-37(74-6)61(96)81-52-54(90)29-9-12-42(35(71)18-29)105-44-20-31-21-45(59(44)108-68-58(94)57(93)56(92)46(107-68)26-85-25-39(83-84-85)60(95)75-14-7-15-76-69(104)109-70(3,4)5)106-43-13-10-30(19-36(43)72)55(91)53-66(101)80-51(67(102)103)34-22-32(86)23-41(88)48(34)33-17-28(8-11-40(33)87)49(63(98)82-53)79-64(99)50(31)78-62(97)38(24-47(73)89)77-65(52)100/h8-13,17-23,25,27,37-38,46,49-58,68,74,86-88,90-94H,7,14-16,24,26H2,1-6H3,(H2,73,89)(H,75,95)(H,76,104)(H,77,100)(H,78,97)(H,79,99)(H,80,101)(H,81,96)(H,82,98)(H,102,103)/t37-,38+,46-,49-,50-,51+,52-,53+,54-,55-,56-,57+,58-,68+/m1/s1. The molecule has 6 aromatic rings. The van der Waals surface area contributed by atoms with E-state index in [0.29, 0.717) is 0 Å². The number of carboxylic acid groups (broad SMARTS) is 1. The maximum Gasteiger partial charge on any atom is 0.407 e. The number of carbonyl (C=O) groups excluding carboxylic acids is 9. The quantitative estimate of drug-likeness (QED) is 0.0562. The van der Waals surface area contributed by atoms with Crippen molar-refractivity contribution in [1.29, 1.82) is 0 Å². The summed E-state index contributed by atoms with van der Waals surface area (Å²) in [6.07, 6.45) is -14.6. The van der Waals surface area contributed by atoms with Gasteiger partial charge in [-0.2, -0.15) is 0 Å². The summed E-state index contributed by atoms with van der Waals surface area (Å²) in [5.41, 5.74) is 1.82. The first-order chi connectivity index (χ1) is 51.5. The van der Waals surface area contributed by atoms with Crippen LogP contribution < -0.4 is 67.8 Å². The Morgan fingerprint density at radius 2 is 1.30 bits per heavy atom. The molecule has 1 saturated heterocycles. The van der Waals surface area contributed by atoms with Gasteiger partial charge in [-0.15, -0.1) is 5.10 Å². The highest BCUT2D eigenvalue weighted by Gasteiger charge is 2.48. The molecular formula is C70H79Cl2N13O24. The number of aliphatic hydroxyl groups is 5. The molecule has 37 nitrogen and oxygen atoms in total. The molecule has 109 heavy (non-hydrogen) atoms. The molecular weight excluding hydrogens is 1480 g/mol. The van der Waals surface area contributed by atoms with E-state index in [2.05, 4.69) is 58.2 Å². The number of alkyl carbamates (subject to hydrolysis) is 1. The summed E-state index contributed by atoms with van der Waals surface area (Å²) in [5, 5.41) is 134. The van der Waals surface area contributed by atoms with Crippen LogP contribution in [0.3, 0.4) is 0 Å². The Morgan fingerprint density at radius 1 is 0.688 bits per heavy atom. The number of nitrogens with zero attached hydrogens (tertiary/aromatic N) is 3. The Morgan fingerprint density at radius 3 is 1.92 bits per heavy atom. The second-order valence-electron chi connectivity index (χ2n) is 27.4. The molecule has 0 aliphatic carbocycles. The number of likely N-dealkylation sites (N-methyl/N-ethyl adjacent to an activating group) is 1. The molecule has 9 amide bonds. The molecule has 39 heteroatoms. The summed E-state index contributed by atoms with van der Waals surface area (Å²) in [6, 6.07) is -0.989. The van der Waals surface area contributed by atoms with Crippen molar-refractivity contribution in [2.24, 2.45) is 11.7 Å². The predicted molar refractivity (Wildman–Crippen MR) is 377 cm³/mol. The van der Waals surface area contributed by atoms with Crippen LogP contribution in [0.15, 0.2) is 85.1 Å². The third-order valence-electron chi connectivity index (χ3n) is 17.7. The fourth-order valence-corrected chi connectivity index (χ4v) is 12.7. The number of aliphatic hydroxyl groups excluding tert-OH is 5. The Balaban J connectivity index is 1.15. The molecule has 14 atom stereocenters. The minimum atomic E-state index is -2.36. The van der Waals surface area contributed by atoms with E-state index in [1.54, 1.807) is 20.8 Å². The van der Waals surface area contributed by atoms with Crippen LogP contribution in [0.4, 0.5) is 4.79 Å². The molecule has 1 aromatic heterocycles. The van der Waals surface area contributed by atoms with Crippen LogP contribution in [0.25, 0.3) is 11.1 Å². The number of carbonyl (C=O) groups is 10. The minimum absolute atomic E-state index is 0.0587. The molecule has 0 saturated carbocycles. The van der Waals surface area contributed by atoms with Crippen molar-refractivity contribution in [1.82, 2.24) is 62.8 Å². The van der Waals surface area contributed by atoms with Crippen LogP contribution in [-0.4, -0.2) is 201 Å². The number of aliphatic carboxylic acids is 1. The van der Waals surface area contributed by atoms with Crippen molar-refractivity contribution in [3.05, 3.63) is 129 Å². The first-order valence-corrected chi connectivity index (χ1v) is 34.6. The number of fused-ring (bicyclic) bond motifs is 15. The number of primary amides is 1. The van der Waals surface area contributed by atoms with Gasteiger partial charge in [-0.25, -0.2) is 14.3 Å². The van der Waals surface area contributed by atoms with E-state index in [-0.39, 0.29) is 65.0 Å². The zero-order valence-corrected chi connectivity index (χ0v) is 60.3. The normalized spacial score (nSPS) is 23.9. The summed E-state index contributed by atoms with van der Waals surface area (Å²) in [6.45, 7) is 8.36. The molecule has 1 fully saturated rings. The fraction of sp³-hybridized carbons (Fsp3) is 0.400. The topological polar surface area (TPSA) is 564 Å². The Bertz CT molecular complexity index is 4540. The van der Waals surface area contributed by atoms with Gasteiger partial charge in [0.2, 0.25) is 53.4 Å². The second kappa shape index (κ2) is 33.5. The van der Waals surface area contributed by atoms with Gasteiger partial charge in [-0.3, -0.25) is 38.4 Å². The third kappa shape index (κ3) is 18.7. The predicted octanol–water partition coefficient (Wildman–Crippen LogP) is 0.813. The lowest BCUT2D eigenvalue weighted by atomic mass is 9.89. The summed E-state index contributed by atoms with van der Waals surface area (Å²) in [4.78, 5) is 142. The van der Waals surface area contributed by atoms with E-state index in [1.165, 1.54) is 19.2 Å². The highest BCUT2D eigenvalue weighted by atomic mass is 35.5. The number of nitrogens with two attached hydrogens (primary N) is 1. The number of phenols is 3. The molecule has 582 valence electrons. The number of carboxylic acids is 1. The summed E-state index contributed by atoms with van der Waals surface area (Å²) in [7, 11) is 1.47. The lowest BCUT2D eigenvalue weighted by molar-refractivity contribution is -0.275. The van der Waals surface area contributed by atoms with Gasteiger partial charge in [-0.1, -0.05) is 60.5 Å². The first kappa shape index (κ1) is 80.4. The molecule has 12 rings (SSSR count). The Kier molecular flexibility index (Phi) is 24.7. The van der Waals surface area contributed by atoms with Gasteiger partial charge in [0, 0.05) is 35.8 Å². The number of amides is 9. The molecule has 6 aliphatic rings. The summed E-state index contributed by atoms with van der Waals surface area (Å²) >= 11 is 14.1. The lowest BCUT2D eigenvalue weighted by Gasteiger charge is -2.40. The molecule has 7 heterocycles. The zero-order chi connectivity index (χ0) is 79.4. The van der Waals surface area contributed by atoms with E-state index < -0.39 is 231 Å². The van der Waals surface area contributed by atoms with Crippen molar-refractivity contribution >= 4 is 82.5 Å². The number of halogens is 2. The molecule has 20 N–H and O–H groups in total. The number of nitrogens with one attached hydrogen (secondary N) is 9. The van der Waals surface area contributed by atoms with E-state index in [1.807, 2.05) is 13.8 Å². The van der Waals surface area contributed by atoms with Crippen molar-refractivity contribution < 1.29 is 118 Å². The first-order valence-electron chi connectivity index (χ1n) is 33.9. The summed E-state index contributed by atoms with van der Waals surface area (Å²) in [5.74, 6) is -17.0. The van der Waals surface area contributed by atoms with Crippen LogP contribution in [0, 0.1) is 5.92 Å². The highest BCUT2D eigenvalue weighted by Crippen LogP contribution is 2.49. The van der Waals surface area contributed by atoms with Gasteiger partial charge in [-0.05, 0) is 123 Å². The van der Waals surface area contributed by atoms with Gasteiger partial charge in [0.1, 0.15) is 101 Å². The van der Waals surface area contributed by atoms with Gasteiger partial charge in [0.25, 0.3) is 5.91 Å². The Hall–Kier alpha value is -11.2. The second-order valence-corrected chi connectivity index (χ2v) is 28.2. The molecule has 0 unspecified atom stereocenters. The number of phenolic OH excluding ortho intramolecular Hbond substituents is 3. The van der Waals surface area contributed by atoms with Gasteiger partial charge in [0.05, 0.1) is 35.2 Å². The number of hydrogen-bond acceptors (Lipinski definition) is 26. The van der Waals surface area contributed by atoms with E-state index in [9.17, 15) is 79.5 Å². The maximum absolute atomic E-state index is 16.0. The van der Waals surface area contributed by atoms with Crippen molar-refractivity contribution in [3.8, 4) is 57.1 Å². The highest BCUT2D eigenvalue weighted by molar-refractivity contribution is 6.32. The molecule has 6 aliphatic heterocycles. The van der Waals surface area contributed by atoms with Crippen molar-refractivity contribution in [3.63, 3.8) is 0 Å². The maximum atomic E-state index is 16.0. The van der Waals surface area contributed by atoms with Crippen molar-refractivity contribution in [2.45, 2.75) is 151 Å². The van der Waals surface area contributed by atoms with Crippen LogP contribution in [-0.2, 0) is 54.4 Å². The zero-order valence-electron chi connectivity index (χ0n) is 58.8. The van der Waals surface area contributed by atoms with Crippen LogP contribution in [0.5, 0.6) is 46.0 Å². The van der Waals surface area contributed by atoms with E-state index >= 15 is 14.4 Å². The molecule has 0 spiro atoms. The monoisotopic (exact) mass is 1560 g/mol. The van der Waals surface area contributed by atoms with Crippen LogP contribution in [0.1, 0.15) is 123 Å². The SMILES string of the molecule is CN[C@H](CC(C)C)C(=O)N[C@H]1C(=O)N[C@@H](CC(N)=O)C(=O)N[C@H]2C(=O)N[C@H]3C(=O)N[C@H](C(=O)N[C@H](C(=O)O)c4cc(O)cc(O)c4-c4cc3ccc4O)[C@H](O)c3ccc(c(Cl)c3)Oc3cc2cc(c3O[C@@H]2O[C@H](Cn3cc(C(=O)NCCCNC(=O)OC(C)(C)C)nn3)[C@@H](O)[C@H](O)[C@H]2O)Oc2ccc(cc2Cl)[C@H]1O. The average Bonchev–Trinajstić information content (AvgIpc) is 1.08. The fourth-order valence-electron chi connectivity index (χ4n) is 12.3. The van der Waals surface area contributed by atoms with Gasteiger partial charge in [0.15, 0.2) is 23.2 Å². The number of benzene rings is 5. The number of ether oxygens (including phenoxy) is 5. The van der Waals surface area contributed by atoms with Crippen LogP contribution in [0.2, 0.25) is 10.0 Å². The smallest absolute Gasteiger partial charge is 0.407 e. The molecule has 5 aromatic carbocycles. The Labute approximate surface area is 629 Å². The average molecular weight is 1560 g/mol.